The number of ether oxygens (including phenoxy) is 1. The first-order valence-corrected chi connectivity index (χ1v) is 7.51. The summed E-state index contributed by atoms with van der Waals surface area (Å²) >= 11 is 7.48. The first kappa shape index (κ1) is 15.5. The van der Waals surface area contributed by atoms with Crippen LogP contribution in [0.4, 0.5) is 0 Å². The summed E-state index contributed by atoms with van der Waals surface area (Å²) in [5.41, 5.74) is 0.664. The van der Waals surface area contributed by atoms with Crippen molar-refractivity contribution in [3.63, 3.8) is 0 Å². The SMILES string of the molecule is COC(=O)CCCNC(=O)/C=C/c1c(Cl)nc2sccn12. The summed E-state index contributed by atoms with van der Waals surface area (Å²) in [7, 11) is 1.34. The van der Waals surface area contributed by atoms with Crippen molar-refractivity contribution in [3.8, 4) is 0 Å². The number of carbonyl (C=O) groups is 2. The molecule has 0 atom stereocenters. The van der Waals surface area contributed by atoms with Gasteiger partial charge in [0, 0.05) is 30.6 Å². The zero-order valence-electron chi connectivity index (χ0n) is 11.3. The molecule has 0 aliphatic carbocycles. The van der Waals surface area contributed by atoms with E-state index in [2.05, 4.69) is 15.0 Å². The average Bonchev–Trinajstić information content (AvgIpc) is 3.02. The minimum Gasteiger partial charge on any atom is -0.469 e. The number of esters is 1. The Kier molecular flexibility index (Phi) is 5.35. The number of amides is 1. The summed E-state index contributed by atoms with van der Waals surface area (Å²) < 4.78 is 6.32. The zero-order chi connectivity index (χ0) is 15.2. The van der Waals surface area contributed by atoms with Crippen molar-refractivity contribution in [2.24, 2.45) is 0 Å². The van der Waals surface area contributed by atoms with Gasteiger partial charge in [-0.05, 0) is 12.5 Å². The predicted molar refractivity (Wildman–Crippen MR) is 81.4 cm³/mol. The third-order valence-electron chi connectivity index (χ3n) is 2.73. The van der Waals surface area contributed by atoms with Gasteiger partial charge in [-0.3, -0.25) is 14.0 Å². The van der Waals surface area contributed by atoms with Crippen molar-refractivity contribution in [2.45, 2.75) is 12.8 Å². The molecule has 0 fully saturated rings. The van der Waals surface area contributed by atoms with E-state index < -0.39 is 0 Å². The topological polar surface area (TPSA) is 72.7 Å². The molecule has 0 radical (unpaired) electrons. The maximum Gasteiger partial charge on any atom is 0.305 e. The second-order valence-electron chi connectivity index (χ2n) is 4.15. The number of rotatable bonds is 6. The number of methoxy groups -OCH3 is 1. The summed E-state index contributed by atoms with van der Waals surface area (Å²) in [6.45, 7) is 0.409. The molecule has 8 heteroatoms. The van der Waals surface area contributed by atoms with E-state index in [-0.39, 0.29) is 18.3 Å². The number of nitrogens with one attached hydrogen (secondary N) is 1. The first-order valence-electron chi connectivity index (χ1n) is 6.25. The lowest BCUT2D eigenvalue weighted by Gasteiger charge is -2.01. The van der Waals surface area contributed by atoms with Crippen molar-refractivity contribution < 1.29 is 14.3 Å². The molecule has 0 bridgehead atoms. The summed E-state index contributed by atoms with van der Waals surface area (Å²) in [6.07, 6.45) is 5.67. The second kappa shape index (κ2) is 7.24. The quantitative estimate of drug-likeness (QED) is 0.501. The average molecular weight is 328 g/mol. The van der Waals surface area contributed by atoms with Gasteiger partial charge < -0.3 is 10.1 Å². The highest BCUT2D eigenvalue weighted by atomic mass is 35.5. The van der Waals surface area contributed by atoms with Crippen LogP contribution in [-0.4, -0.2) is 34.9 Å². The minimum absolute atomic E-state index is 0.249. The Bertz CT molecular complexity index is 677. The molecule has 1 amide bonds. The third-order valence-corrected chi connectivity index (χ3v) is 3.77. The summed E-state index contributed by atoms with van der Waals surface area (Å²) in [5.74, 6) is -0.535. The molecule has 21 heavy (non-hydrogen) atoms. The van der Waals surface area contributed by atoms with E-state index in [0.29, 0.717) is 23.8 Å². The number of thiazole rings is 1. The Morgan fingerprint density at radius 3 is 3.14 bits per heavy atom. The van der Waals surface area contributed by atoms with Crippen LogP contribution in [0.3, 0.4) is 0 Å². The van der Waals surface area contributed by atoms with Crippen LogP contribution < -0.4 is 5.32 Å². The number of carbonyl (C=O) groups excluding carboxylic acids is 2. The largest absolute Gasteiger partial charge is 0.469 e. The van der Waals surface area contributed by atoms with Crippen LogP contribution in [0.2, 0.25) is 5.15 Å². The lowest BCUT2D eigenvalue weighted by molar-refractivity contribution is -0.140. The number of imidazole rings is 1. The number of hydrogen-bond acceptors (Lipinski definition) is 5. The van der Waals surface area contributed by atoms with E-state index in [1.54, 1.807) is 6.08 Å². The fourth-order valence-corrected chi connectivity index (χ4v) is 2.69. The Morgan fingerprint density at radius 2 is 2.38 bits per heavy atom. The van der Waals surface area contributed by atoms with Crippen LogP contribution in [0.1, 0.15) is 18.5 Å². The van der Waals surface area contributed by atoms with Crippen molar-refractivity contribution in [3.05, 3.63) is 28.5 Å². The highest BCUT2D eigenvalue weighted by molar-refractivity contribution is 7.15. The molecule has 112 valence electrons. The molecule has 2 rings (SSSR count). The zero-order valence-corrected chi connectivity index (χ0v) is 12.9. The summed E-state index contributed by atoms with van der Waals surface area (Å²) in [6, 6.07) is 0. The normalized spacial score (nSPS) is 11.1. The van der Waals surface area contributed by atoms with Gasteiger partial charge in [0.1, 0.15) is 0 Å². The Hall–Kier alpha value is -1.86. The lowest BCUT2D eigenvalue weighted by atomic mass is 10.3. The monoisotopic (exact) mass is 327 g/mol. The van der Waals surface area contributed by atoms with Crippen molar-refractivity contribution in [1.29, 1.82) is 0 Å². The third kappa shape index (κ3) is 4.05. The van der Waals surface area contributed by atoms with Crippen LogP contribution in [0.5, 0.6) is 0 Å². The molecule has 0 aliphatic rings. The van der Waals surface area contributed by atoms with E-state index in [1.807, 2.05) is 16.0 Å². The maximum absolute atomic E-state index is 11.7. The molecular weight excluding hydrogens is 314 g/mol. The standard InChI is InChI=1S/C13H14ClN3O3S/c1-20-11(19)3-2-6-15-10(18)5-4-9-12(14)16-13-17(9)7-8-21-13/h4-5,7-8H,2-3,6H2,1H3,(H,15,18)/b5-4+. The van der Waals surface area contributed by atoms with Gasteiger partial charge in [0.2, 0.25) is 5.91 Å². The van der Waals surface area contributed by atoms with Crippen LogP contribution in [0, 0.1) is 0 Å². The maximum atomic E-state index is 11.7. The molecule has 2 aromatic rings. The lowest BCUT2D eigenvalue weighted by Crippen LogP contribution is -2.22. The van der Waals surface area contributed by atoms with Gasteiger partial charge in [0.05, 0.1) is 12.8 Å². The highest BCUT2D eigenvalue weighted by Crippen LogP contribution is 2.22. The molecule has 2 heterocycles. The number of nitrogens with zero attached hydrogens (tertiary/aromatic N) is 2. The van der Waals surface area contributed by atoms with Gasteiger partial charge in [-0.1, -0.05) is 11.6 Å². The van der Waals surface area contributed by atoms with E-state index in [1.165, 1.54) is 24.5 Å². The van der Waals surface area contributed by atoms with Gasteiger partial charge in [0.15, 0.2) is 10.1 Å². The van der Waals surface area contributed by atoms with Crippen LogP contribution >= 0.6 is 22.9 Å². The predicted octanol–water partition coefficient (Wildman–Crippen LogP) is 2.13. The molecule has 6 nitrogen and oxygen atoms in total. The van der Waals surface area contributed by atoms with Gasteiger partial charge in [-0.2, -0.15) is 0 Å². The van der Waals surface area contributed by atoms with Crippen LogP contribution in [0.15, 0.2) is 17.7 Å². The van der Waals surface area contributed by atoms with Gasteiger partial charge in [-0.15, -0.1) is 11.3 Å². The molecule has 0 aliphatic heterocycles. The van der Waals surface area contributed by atoms with Gasteiger partial charge in [-0.25, -0.2) is 4.98 Å². The van der Waals surface area contributed by atoms with E-state index in [9.17, 15) is 9.59 Å². The molecule has 0 saturated carbocycles. The van der Waals surface area contributed by atoms with E-state index in [4.69, 9.17) is 11.6 Å². The molecule has 0 spiro atoms. The van der Waals surface area contributed by atoms with Crippen molar-refractivity contribution in [2.75, 3.05) is 13.7 Å². The second-order valence-corrected chi connectivity index (χ2v) is 5.38. The molecular formula is C13H14ClN3O3S. The number of fused-ring (bicyclic) bond motifs is 1. The molecule has 0 saturated heterocycles. The van der Waals surface area contributed by atoms with Crippen molar-refractivity contribution in [1.82, 2.24) is 14.7 Å². The highest BCUT2D eigenvalue weighted by Gasteiger charge is 2.08. The Morgan fingerprint density at radius 1 is 1.57 bits per heavy atom. The van der Waals surface area contributed by atoms with Gasteiger partial charge >= 0.3 is 5.97 Å². The smallest absolute Gasteiger partial charge is 0.305 e. The summed E-state index contributed by atoms with van der Waals surface area (Å²) in [5, 5.41) is 4.93. The van der Waals surface area contributed by atoms with Crippen molar-refractivity contribution >= 4 is 45.9 Å². The van der Waals surface area contributed by atoms with Gasteiger partial charge in [0.25, 0.3) is 0 Å². The molecule has 0 unspecified atom stereocenters. The number of halogens is 1. The molecule has 0 aromatic carbocycles. The van der Waals surface area contributed by atoms with E-state index in [0.717, 1.165) is 4.96 Å². The Balaban J connectivity index is 1.86. The first-order chi connectivity index (χ1) is 10.1. The van der Waals surface area contributed by atoms with E-state index >= 15 is 0 Å². The van der Waals surface area contributed by atoms with Crippen LogP contribution in [-0.2, 0) is 14.3 Å². The Labute approximate surface area is 130 Å². The molecule has 2 aromatic heterocycles. The fraction of sp³-hybridized carbons (Fsp3) is 0.308. The fourth-order valence-electron chi connectivity index (χ4n) is 1.69. The molecule has 1 N–H and O–H groups in total. The number of aromatic nitrogens is 2. The van der Waals surface area contributed by atoms with Crippen LogP contribution in [0.25, 0.3) is 11.0 Å². The number of hydrogen-bond donors (Lipinski definition) is 1. The summed E-state index contributed by atoms with van der Waals surface area (Å²) in [4.78, 5) is 27.5. The minimum atomic E-state index is -0.286.